The van der Waals surface area contributed by atoms with Crippen molar-refractivity contribution >= 4 is 27.3 Å². The third-order valence-corrected chi connectivity index (χ3v) is 7.44. The lowest BCUT2D eigenvalue weighted by Gasteiger charge is -2.39. The molecule has 9 nitrogen and oxygen atoms in total. The minimum atomic E-state index is -3.60. The maximum Gasteiger partial charge on any atom is 0.274 e. The van der Waals surface area contributed by atoms with E-state index >= 15 is 0 Å². The van der Waals surface area contributed by atoms with Crippen LogP contribution in [-0.4, -0.2) is 53.1 Å². The van der Waals surface area contributed by atoms with E-state index in [1.165, 1.54) is 0 Å². The van der Waals surface area contributed by atoms with Crippen molar-refractivity contribution in [2.75, 3.05) is 18.4 Å². The molecular weight excluding hydrogens is 416 g/mol. The van der Waals surface area contributed by atoms with Gasteiger partial charge in [0, 0.05) is 36.5 Å². The Labute approximate surface area is 180 Å². The highest BCUT2D eigenvalue weighted by Crippen LogP contribution is 2.30. The summed E-state index contributed by atoms with van der Waals surface area (Å²) in [5.74, 6) is -0.216. The zero-order valence-electron chi connectivity index (χ0n) is 17.4. The number of carbonyl (C=O) groups is 1. The molecule has 31 heavy (non-hydrogen) atoms. The number of hydrogen-bond acceptors (Lipinski definition) is 6. The number of amides is 1. The largest absolute Gasteiger partial charge is 0.368 e. The van der Waals surface area contributed by atoms with Gasteiger partial charge in [0.2, 0.25) is 10.0 Å². The fourth-order valence-electron chi connectivity index (χ4n) is 4.48. The van der Waals surface area contributed by atoms with E-state index in [-0.39, 0.29) is 16.7 Å². The first-order valence-corrected chi connectivity index (χ1v) is 11.8. The monoisotopic (exact) mass is 440 g/mol. The molecule has 10 heteroatoms. The molecule has 1 fully saturated rings. The number of benzene rings is 1. The molecule has 3 aromatic rings. The van der Waals surface area contributed by atoms with E-state index in [0.717, 1.165) is 24.2 Å². The Morgan fingerprint density at radius 2 is 2.00 bits per heavy atom. The van der Waals surface area contributed by atoms with Gasteiger partial charge in [0.1, 0.15) is 4.90 Å². The van der Waals surface area contributed by atoms with Crippen LogP contribution in [0.2, 0.25) is 0 Å². The molecule has 2 aliphatic rings. The van der Waals surface area contributed by atoms with Crippen LogP contribution >= 0.6 is 0 Å². The number of nitrogens with zero attached hydrogens (tertiary/aromatic N) is 4. The van der Waals surface area contributed by atoms with Crippen molar-refractivity contribution in [1.29, 1.82) is 0 Å². The van der Waals surface area contributed by atoms with Crippen molar-refractivity contribution in [3.63, 3.8) is 0 Å². The molecule has 0 unspecified atom stereocenters. The summed E-state index contributed by atoms with van der Waals surface area (Å²) >= 11 is 0. The number of sulfonamides is 1. The van der Waals surface area contributed by atoms with Crippen LogP contribution in [0.3, 0.4) is 0 Å². The molecular formula is C21H24N6O3S. The van der Waals surface area contributed by atoms with Gasteiger partial charge in [-0.05, 0) is 44.9 Å². The number of fused-ring (bicyclic) bond motifs is 2. The summed E-state index contributed by atoms with van der Waals surface area (Å²) < 4.78 is 29.8. The fraction of sp³-hybridized carbons (Fsp3) is 0.381. The zero-order chi connectivity index (χ0) is 21.8. The van der Waals surface area contributed by atoms with Crippen LogP contribution in [0.25, 0.3) is 5.65 Å². The van der Waals surface area contributed by atoms with Gasteiger partial charge in [0.15, 0.2) is 11.3 Å². The van der Waals surface area contributed by atoms with Crippen molar-refractivity contribution in [2.24, 2.45) is 5.92 Å². The minimum absolute atomic E-state index is 0.0556. The lowest BCUT2D eigenvalue weighted by atomic mass is 9.94. The smallest absolute Gasteiger partial charge is 0.274 e. The Morgan fingerprint density at radius 3 is 2.84 bits per heavy atom. The standard InChI is InChI=1S/C21H24N6O3S/c1-13-10-14(2)27-19(22-13)11-17(24-27)21(28)26-9-5-6-15(12-26)20-23-16-7-3-4-8-18(16)31(29,30)25-20/h3-4,7-8,10-11,15,20,23,25H,5-6,9,12H2,1-2H3/t15-,20+/m0/s1. The summed E-state index contributed by atoms with van der Waals surface area (Å²) in [4.78, 5) is 19.6. The van der Waals surface area contributed by atoms with Crippen molar-refractivity contribution in [3.8, 4) is 0 Å². The summed E-state index contributed by atoms with van der Waals surface area (Å²) in [6.45, 7) is 4.90. The first-order chi connectivity index (χ1) is 14.8. The van der Waals surface area contributed by atoms with E-state index in [9.17, 15) is 13.2 Å². The van der Waals surface area contributed by atoms with Crippen LogP contribution in [0.4, 0.5) is 5.69 Å². The van der Waals surface area contributed by atoms with E-state index in [0.29, 0.717) is 30.1 Å². The molecule has 0 bridgehead atoms. The summed E-state index contributed by atoms with van der Waals surface area (Å²) in [5.41, 5.74) is 3.37. The van der Waals surface area contributed by atoms with Gasteiger partial charge in [-0.2, -0.15) is 9.82 Å². The maximum atomic E-state index is 13.2. The second kappa shape index (κ2) is 7.31. The van der Waals surface area contributed by atoms with Gasteiger partial charge in [-0.1, -0.05) is 12.1 Å². The van der Waals surface area contributed by atoms with Crippen LogP contribution in [0.5, 0.6) is 0 Å². The van der Waals surface area contributed by atoms with Crippen molar-refractivity contribution in [2.45, 2.75) is 37.8 Å². The van der Waals surface area contributed by atoms with E-state index < -0.39 is 16.2 Å². The second-order valence-electron chi connectivity index (χ2n) is 8.23. The number of carbonyl (C=O) groups excluding carboxylic acids is 1. The number of anilines is 1. The average Bonchev–Trinajstić information content (AvgIpc) is 3.17. The van der Waals surface area contributed by atoms with Gasteiger partial charge in [0.05, 0.1) is 11.9 Å². The molecule has 0 saturated carbocycles. The van der Waals surface area contributed by atoms with Crippen LogP contribution in [0, 0.1) is 19.8 Å². The summed E-state index contributed by atoms with van der Waals surface area (Å²) in [6, 6.07) is 10.5. The Morgan fingerprint density at radius 1 is 1.19 bits per heavy atom. The zero-order valence-corrected chi connectivity index (χ0v) is 18.2. The summed E-state index contributed by atoms with van der Waals surface area (Å²) in [6.07, 6.45) is 1.14. The van der Waals surface area contributed by atoms with E-state index in [1.807, 2.05) is 26.0 Å². The molecule has 1 aromatic carbocycles. The Hall–Kier alpha value is -2.98. The highest BCUT2D eigenvalue weighted by molar-refractivity contribution is 7.89. The van der Waals surface area contributed by atoms with Crippen molar-refractivity contribution in [1.82, 2.24) is 24.2 Å². The van der Waals surface area contributed by atoms with E-state index in [2.05, 4.69) is 20.1 Å². The van der Waals surface area contributed by atoms with Crippen LogP contribution in [-0.2, 0) is 10.0 Å². The predicted octanol–water partition coefficient (Wildman–Crippen LogP) is 1.93. The van der Waals surface area contributed by atoms with E-state index in [1.54, 1.807) is 33.7 Å². The van der Waals surface area contributed by atoms with E-state index in [4.69, 9.17) is 0 Å². The molecule has 0 aliphatic carbocycles. The van der Waals surface area contributed by atoms with Gasteiger partial charge < -0.3 is 10.2 Å². The molecule has 1 amide bonds. The van der Waals surface area contributed by atoms with Crippen LogP contribution < -0.4 is 10.0 Å². The summed E-state index contributed by atoms with van der Waals surface area (Å²) in [5, 5.41) is 7.75. The molecule has 2 atom stereocenters. The number of rotatable bonds is 2. The third kappa shape index (κ3) is 3.55. The first-order valence-electron chi connectivity index (χ1n) is 10.3. The second-order valence-corrected chi connectivity index (χ2v) is 9.91. The Balaban J connectivity index is 1.37. The Kier molecular flexibility index (Phi) is 4.71. The van der Waals surface area contributed by atoms with Crippen LogP contribution in [0.1, 0.15) is 34.7 Å². The van der Waals surface area contributed by atoms with Gasteiger partial charge >= 0.3 is 0 Å². The van der Waals surface area contributed by atoms with Crippen molar-refractivity contribution in [3.05, 3.63) is 53.5 Å². The fourth-order valence-corrected chi connectivity index (χ4v) is 5.87. The normalized spacial score (nSPS) is 22.7. The molecule has 5 rings (SSSR count). The third-order valence-electron chi connectivity index (χ3n) is 5.94. The molecule has 1 saturated heterocycles. The van der Waals surface area contributed by atoms with Crippen LogP contribution in [0.15, 0.2) is 41.3 Å². The lowest BCUT2D eigenvalue weighted by molar-refractivity contribution is 0.0652. The van der Waals surface area contributed by atoms with Gasteiger partial charge in [0.25, 0.3) is 5.91 Å². The highest BCUT2D eigenvalue weighted by Gasteiger charge is 2.37. The average molecular weight is 441 g/mol. The lowest BCUT2D eigenvalue weighted by Crippen LogP contribution is -2.54. The molecule has 2 aliphatic heterocycles. The Bertz CT molecular complexity index is 1290. The highest BCUT2D eigenvalue weighted by atomic mass is 32.2. The topological polar surface area (TPSA) is 109 Å². The van der Waals surface area contributed by atoms with Gasteiger partial charge in [-0.3, -0.25) is 4.79 Å². The molecule has 162 valence electrons. The predicted molar refractivity (Wildman–Crippen MR) is 115 cm³/mol. The molecule has 0 spiro atoms. The minimum Gasteiger partial charge on any atom is -0.368 e. The molecule has 2 aromatic heterocycles. The number of piperidine rings is 1. The van der Waals surface area contributed by atoms with Gasteiger partial charge in [-0.15, -0.1) is 0 Å². The number of hydrogen-bond donors (Lipinski definition) is 2. The summed E-state index contributed by atoms with van der Waals surface area (Å²) in [7, 11) is -3.60. The maximum absolute atomic E-state index is 13.2. The quantitative estimate of drug-likeness (QED) is 0.630. The number of likely N-dealkylation sites (tertiary alicyclic amines) is 1. The van der Waals surface area contributed by atoms with Crippen molar-refractivity contribution < 1.29 is 13.2 Å². The van der Waals surface area contributed by atoms with Gasteiger partial charge in [-0.25, -0.2) is 17.9 Å². The first kappa shape index (κ1) is 20.0. The number of nitrogens with one attached hydrogen (secondary N) is 2. The SMILES string of the molecule is Cc1cc(C)n2nc(C(=O)N3CCC[C@H]([C@@H]4Nc5ccccc5S(=O)(=O)N4)C3)cc2n1. The number of aryl methyl sites for hydroxylation is 2. The molecule has 2 N–H and O–H groups in total. The number of aromatic nitrogens is 3. The molecule has 0 radical (unpaired) electrons. The molecule has 4 heterocycles. The number of para-hydroxylation sites is 1.